The van der Waals surface area contributed by atoms with Gasteiger partial charge in [-0.3, -0.25) is 4.79 Å². The Morgan fingerprint density at radius 3 is 2.53 bits per heavy atom. The number of fused-ring (bicyclic) bond motifs is 3. The average molecular weight is 413 g/mol. The van der Waals surface area contributed by atoms with Crippen LogP contribution in [0.15, 0.2) is 21.3 Å². The van der Waals surface area contributed by atoms with E-state index >= 15 is 0 Å². The van der Waals surface area contributed by atoms with Crippen LogP contribution in [-0.2, 0) is 17.6 Å². The highest BCUT2D eigenvalue weighted by molar-refractivity contribution is 5.86. The smallest absolute Gasteiger partial charge is 0.339 e. The lowest BCUT2D eigenvalue weighted by molar-refractivity contribution is -0.124. The minimum atomic E-state index is -0.246. The number of carbonyl (C=O) groups is 1. The molecule has 162 valence electrons. The molecule has 2 aromatic rings. The van der Waals surface area contributed by atoms with Crippen LogP contribution in [-0.4, -0.2) is 29.6 Å². The normalized spacial score (nSPS) is 20.2. The predicted molar refractivity (Wildman–Crippen MR) is 117 cm³/mol. The summed E-state index contributed by atoms with van der Waals surface area (Å²) in [7, 11) is 0. The molecule has 0 atom stereocenters. The molecule has 30 heavy (non-hydrogen) atoms. The van der Waals surface area contributed by atoms with Gasteiger partial charge >= 0.3 is 5.63 Å². The number of ether oxygens (including phenoxy) is 1. The Labute approximate surface area is 177 Å². The molecule has 0 unspecified atom stereocenters. The molecule has 0 spiro atoms. The van der Waals surface area contributed by atoms with Crippen molar-refractivity contribution >= 4 is 16.9 Å². The van der Waals surface area contributed by atoms with Crippen LogP contribution in [0.2, 0.25) is 0 Å². The second kappa shape index (κ2) is 7.41. The highest BCUT2D eigenvalue weighted by atomic mass is 16.5. The Bertz CT molecular complexity index is 1040. The number of benzene rings is 1. The van der Waals surface area contributed by atoms with Gasteiger partial charge in [0.05, 0.1) is 0 Å². The molecule has 1 aromatic heterocycles. The van der Waals surface area contributed by atoms with E-state index in [2.05, 4.69) is 38.3 Å². The van der Waals surface area contributed by atoms with Crippen molar-refractivity contribution in [2.24, 2.45) is 0 Å². The number of hydrogen-bond donors (Lipinski definition) is 2. The first-order chi connectivity index (χ1) is 14.0. The molecule has 1 fully saturated rings. The number of aryl methyl sites for hydroxylation is 2. The molecule has 6 nitrogen and oxygen atoms in total. The zero-order valence-corrected chi connectivity index (χ0v) is 18.6. The highest BCUT2D eigenvalue weighted by Gasteiger charge is 2.38. The lowest BCUT2D eigenvalue weighted by Gasteiger charge is -2.46. The number of nitrogens with one attached hydrogen (secondary N) is 2. The molecule has 1 aliphatic carbocycles. The van der Waals surface area contributed by atoms with Gasteiger partial charge in [-0.25, -0.2) is 4.79 Å². The molecule has 0 saturated carbocycles. The molecular formula is C24H32N2O4. The van der Waals surface area contributed by atoms with Crippen molar-refractivity contribution < 1.29 is 13.9 Å². The maximum absolute atomic E-state index is 12.6. The van der Waals surface area contributed by atoms with Crippen LogP contribution in [0.4, 0.5) is 0 Å². The topological polar surface area (TPSA) is 80.6 Å². The van der Waals surface area contributed by atoms with Gasteiger partial charge in [0.2, 0.25) is 0 Å². The minimum Gasteiger partial charge on any atom is -0.483 e. The molecule has 1 aromatic carbocycles. The quantitative estimate of drug-likeness (QED) is 0.753. The van der Waals surface area contributed by atoms with E-state index < -0.39 is 0 Å². The van der Waals surface area contributed by atoms with Crippen molar-refractivity contribution in [3.63, 3.8) is 0 Å². The predicted octanol–water partition coefficient (Wildman–Crippen LogP) is 3.39. The van der Waals surface area contributed by atoms with E-state index in [0.29, 0.717) is 11.3 Å². The maximum atomic E-state index is 12.6. The van der Waals surface area contributed by atoms with E-state index in [4.69, 9.17) is 9.15 Å². The fourth-order valence-corrected chi connectivity index (χ4v) is 5.46. The summed E-state index contributed by atoms with van der Waals surface area (Å²) in [4.78, 5) is 24.9. The monoisotopic (exact) mass is 412 g/mol. The SMILES string of the molecule is Cc1c(OCC(=O)NC2CC(C)(C)NC(C)(C)C2)ccc2c3c(c(=O)oc12)CCC3. The summed E-state index contributed by atoms with van der Waals surface area (Å²) in [5.74, 6) is 0.438. The number of rotatable bonds is 4. The van der Waals surface area contributed by atoms with E-state index in [1.54, 1.807) is 0 Å². The second-order valence-electron chi connectivity index (χ2n) is 10.1. The van der Waals surface area contributed by atoms with Crippen LogP contribution in [0.1, 0.15) is 63.6 Å². The third kappa shape index (κ3) is 4.10. The number of carbonyl (C=O) groups excluding carboxylic acids is 1. The molecule has 6 heteroatoms. The van der Waals surface area contributed by atoms with E-state index in [-0.39, 0.29) is 35.3 Å². The maximum Gasteiger partial charge on any atom is 0.339 e. The molecular weight excluding hydrogens is 380 g/mol. The third-order valence-corrected chi connectivity index (χ3v) is 6.25. The van der Waals surface area contributed by atoms with E-state index in [9.17, 15) is 9.59 Å². The summed E-state index contributed by atoms with van der Waals surface area (Å²) in [5.41, 5.74) is 2.92. The van der Waals surface area contributed by atoms with Crippen LogP contribution < -0.4 is 21.0 Å². The molecule has 0 radical (unpaired) electrons. The first kappa shape index (κ1) is 20.9. The summed E-state index contributed by atoms with van der Waals surface area (Å²) in [6, 6.07) is 3.92. The summed E-state index contributed by atoms with van der Waals surface area (Å²) in [6.07, 6.45) is 4.42. The largest absolute Gasteiger partial charge is 0.483 e. The van der Waals surface area contributed by atoms with Gasteiger partial charge in [-0.05, 0) is 84.4 Å². The second-order valence-corrected chi connectivity index (χ2v) is 10.1. The Balaban J connectivity index is 1.46. The third-order valence-electron chi connectivity index (χ3n) is 6.25. The first-order valence-corrected chi connectivity index (χ1v) is 10.8. The van der Waals surface area contributed by atoms with Gasteiger partial charge in [0.15, 0.2) is 6.61 Å². The minimum absolute atomic E-state index is 0.0344. The van der Waals surface area contributed by atoms with Gasteiger partial charge in [0.25, 0.3) is 5.91 Å². The fourth-order valence-electron chi connectivity index (χ4n) is 5.46. The van der Waals surface area contributed by atoms with Gasteiger partial charge in [0, 0.05) is 33.6 Å². The summed E-state index contributed by atoms with van der Waals surface area (Å²) in [6.45, 7) is 10.4. The number of piperidine rings is 1. The van der Waals surface area contributed by atoms with E-state index in [1.165, 1.54) is 0 Å². The Hall–Kier alpha value is -2.34. The number of hydrogen-bond acceptors (Lipinski definition) is 5. The lowest BCUT2D eigenvalue weighted by atomic mass is 9.79. The lowest BCUT2D eigenvalue weighted by Crippen LogP contribution is -2.62. The summed E-state index contributed by atoms with van der Waals surface area (Å²) in [5, 5.41) is 7.73. The first-order valence-electron chi connectivity index (χ1n) is 10.8. The van der Waals surface area contributed by atoms with Crippen LogP contribution in [0, 0.1) is 6.92 Å². The summed E-state index contributed by atoms with van der Waals surface area (Å²) >= 11 is 0. The van der Waals surface area contributed by atoms with Gasteiger partial charge in [-0.15, -0.1) is 0 Å². The van der Waals surface area contributed by atoms with E-state index in [0.717, 1.165) is 54.2 Å². The molecule has 0 bridgehead atoms. The molecule has 1 amide bonds. The van der Waals surface area contributed by atoms with Crippen molar-refractivity contribution in [1.82, 2.24) is 10.6 Å². The molecule has 1 saturated heterocycles. The van der Waals surface area contributed by atoms with Gasteiger partial charge in [0.1, 0.15) is 11.3 Å². The Morgan fingerprint density at radius 2 is 1.83 bits per heavy atom. The molecule has 2 heterocycles. The van der Waals surface area contributed by atoms with E-state index in [1.807, 2.05) is 19.1 Å². The highest BCUT2D eigenvalue weighted by Crippen LogP contribution is 2.33. The molecule has 2 aliphatic rings. The van der Waals surface area contributed by atoms with Crippen LogP contribution in [0.3, 0.4) is 0 Å². The zero-order chi connectivity index (χ0) is 21.7. The van der Waals surface area contributed by atoms with Crippen molar-refractivity contribution in [2.45, 2.75) is 83.8 Å². The summed E-state index contributed by atoms with van der Waals surface area (Å²) < 4.78 is 11.4. The van der Waals surface area contributed by atoms with Crippen LogP contribution in [0.25, 0.3) is 11.0 Å². The number of amides is 1. The van der Waals surface area contributed by atoms with Gasteiger partial charge < -0.3 is 19.8 Å². The zero-order valence-electron chi connectivity index (χ0n) is 18.6. The van der Waals surface area contributed by atoms with Crippen molar-refractivity contribution in [1.29, 1.82) is 0 Å². The van der Waals surface area contributed by atoms with Crippen molar-refractivity contribution in [3.8, 4) is 5.75 Å². The molecule has 1 aliphatic heterocycles. The Morgan fingerprint density at radius 1 is 1.17 bits per heavy atom. The Kier molecular flexibility index (Phi) is 5.17. The molecule has 4 rings (SSSR count). The fraction of sp³-hybridized carbons (Fsp3) is 0.583. The van der Waals surface area contributed by atoms with Gasteiger partial charge in [-0.2, -0.15) is 0 Å². The van der Waals surface area contributed by atoms with Gasteiger partial charge in [-0.1, -0.05) is 0 Å². The van der Waals surface area contributed by atoms with Crippen LogP contribution in [0.5, 0.6) is 5.75 Å². The molecule has 2 N–H and O–H groups in total. The standard InChI is InChI=1S/C24H32N2O4/c1-14-19(10-9-17-16-7-6-8-18(16)22(28)30-21(14)17)29-13-20(27)25-15-11-23(2,3)26-24(4,5)12-15/h9-10,15,26H,6-8,11-13H2,1-5H3,(H,25,27). The van der Waals surface area contributed by atoms with Crippen molar-refractivity contribution in [3.05, 3.63) is 39.2 Å². The average Bonchev–Trinajstić information content (AvgIpc) is 3.10. The van der Waals surface area contributed by atoms with Crippen molar-refractivity contribution in [2.75, 3.05) is 6.61 Å². The van der Waals surface area contributed by atoms with Crippen LogP contribution >= 0.6 is 0 Å².